The third-order valence-electron chi connectivity index (χ3n) is 4.42. The van der Waals surface area contributed by atoms with E-state index in [9.17, 15) is 4.79 Å². The first-order chi connectivity index (χ1) is 12.0. The van der Waals surface area contributed by atoms with Crippen LogP contribution >= 0.6 is 11.6 Å². The fourth-order valence-electron chi connectivity index (χ4n) is 3.17. The largest absolute Gasteiger partial charge is 0.479 e. The van der Waals surface area contributed by atoms with E-state index in [0.717, 1.165) is 17.0 Å². The number of halogens is 1. The maximum Gasteiger partial charge on any atom is 0.264 e. The normalized spacial score (nSPS) is 18.9. The van der Waals surface area contributed by atoms with Crippen molar-refractivity contribution < 1.29 is 14.3 Å². The quantitative estimate of drug-likeness (QED) is 0.906. The van der Waals surface area contributed by atoms with E-state index >= 15 is 0 Å². The number of hydrogen-bond acceptors (Lipinski definition) is 4. The van der Waals surface area contributed by atoms with Crippen LogP contribution in [0.15, 0.2) is 24.3 Å². The summed E-state index contributed by atoms with van der Waals surface area (Å²) in [6, 6.07) is 6.98. The number of benzene rings is 1. The van der Waals surface area contributed by atoms with Crippen molar-refractivity contribution in [2.75, 3.05) is 19.8 Å². The molecule has 3 rings (SSSR count). The molecule has 0 aliphatic carbocycles. The molecule has 2 atom stereocenters. The van der Waals surface area contributed by atoms with Crippen molar-refractivity contribution in [2.45, 2.75) is 32.9 Å². The number of amides is 1. The van der Waals surface area contributed by atoms with Crippen molar-refractivity contribution in [3.05, 3.63) is 46.2 Å². The van der Waals surface area contributed by atoms with Crippen molar-refractivity contribution >= 4 is 17.5 Å². The molecular weight excluding hydrogens is 342 g/mol. The fourth-order valence-corrected chi connectivity index (χ4v) is 3.35. The van der Waals surface area contributed by atoms with Crippen LogP contribution in [-0.4, -0.2) is 46.9 Å². The Labute approximate surface area is 152 Å². The molecule has 1 aliphatic rings. The highest BCUT2D eigenvalue weighted by Crippen LogP contribution is 2.30. The van der Waals surface area contributed by atoms with Gasteiger partial charge in [0, 0.05) is 17.8 Å². The topological polar surface area (TPSA) is 67.5 Å². The van der Waals surface area contributed by atoms with E-state index in [1.807, 2.05) is 30.9 Å². The molecule has 0 bridgehead atoms. The van der Waals surface area contributed by atoms with E-state index in [2.05, 4.69) is 10.2 Å². The molecule has 0 spiro atoms. The van der Waals surface area contributed by atoms with Crippen LogP contribution in [0.2, 0.25) is 5.02 Å². The number of nitrogens with zero attached hydrogens (tertiary/aromatic N) is 2. The molecule has 2 unspecified atom stereocenters. The number of H-pyrrole nitrogens is 1. The number of carbonyl (C=O) groups is 1. The average Bonchev–Trinajstić information content (AvgIpc) is 2.94. The zero-order valence-corrected chi connectivity index (χ0v) is 15.3. The molecule has 25 heavy (non-hydrogen) atoms. The van der Waals surface area contributed by atoms with Crippen LogP contribution in [0, 0.1) is 13.8 Å². The van der Waals surface area contributed by atoms with Crippen LogP contribution in [-0.2, 0) is 9.53 Å². The molecule has 0 radical (unpaired) electrons. The highest BCUT2D eigenvalue weighted by Gasteiger charge is 2.34. The Kier molecular flexibility index (Phi) is 5.30. The number of aromatic nitrogens is 2. The number of para-hydroxylation sites is 1. The van der Waals surface area contributed by atoms with Crippen molar-refractivity contribution in [2.24, 2.45) is 0 Å². The van der Waals surface area contributed by atoms with Gasteiger partial charge < -0.3 is 14.4 Å². The number of morpholine rings is 1. The predicted octanol–water partition coefficient (Wildman–Crippen LogP) is 3.05. The third-order valence-corrected chi connectivity index (χ3v) is 4.73. The second kappa shape index (κ2) is 7.45. The van der Waals surface area contributed by atoms with Gasteiger partial charge in [-0.15, -0.1) is 0 Å². The molecule has 1 aliphatic heterocycles. The van der Waals surface area contributed by atoms with E-state index in [1.165, 1.54) is 0 Å². The van der Waals surface area contributed by atoms with Gasteiger partial charge in [-0.25, -0.2) is 0 Å². The van der Waals surface area contributed by atoms with Crippen molar-refractivity contribution in [1.29, 1.82) is 0 Å². The molecule has 0 saturated carbocycles. The van der Waals surface area contributed by atoms with Gasteiger partial charge in [0.2, 0.25) is 0 Å². The van der Waals surface area contributed by atoms with Crippen LogP contribution < -0.4 is 4.74 Å². The average molecular weight is 364 g/mol. The van der Waals surface area contributed by atoms with E-state index < -0.39 is 6.10 Å². The summed E-state index contributed by atoms with van der Waals surface area (Å²) in [5.41, 5.74) is 2.84. The highest BCUT2D eigenvalue weighted by molar-refractivity contribution is 6.32. The lowest BCUT2D eigenvalue weighted by Gasteiger charge is -2.37. The van der Waals surface area contributed by atoms with Gasteiger partial charge in [-0.05, 0) is 32.9 Å². The van der Waals surface area contributed by atoms with Crippen LogP contribution in [0.5, 0.6) is 5.75 Å². The Bertz CT molecular complexity index is 742. The Morgan fingerprint density at radius 3 is 2.88 bits per heavy atom. The van der Waals surface area contributed by atoms with Crippen LogP contribution in [0.3, 0.4) is 0 Å². The summed E-state index contributed by atoms with van der Waals surface area (Å²) in [6.07, 6.45) is -0.645. The molecular formula is C18H22ClN3O3. The van der Waals surface area contributed by atoms with Gasteiger partial charge in [0.25, 0.3) is 5.91 Å². The summed E-state index contributed by atoms with van der Waals surface area (Å²) in [7, 11) is 0. The van der Waals surface area contributed by atoms with E-state index in [4.69, 9.17) is 21.1 Å². The van der Waals surface area contributed by atoms with Gasteiger partial charge in [0.15, 0.2) is 6.10 Å². The number of carbonyl (C=O) groups excluding carboxylic acids is 1. The first-order valence-electron chi connectivity index (χ1n) is 8.30. The third kappa shape index (κ3) is 3.65. The van der Waals surface area contributed by atoms with Gasteiger partial charge in [-0.1, -0.05) is 23.7 Å². The molecule has 1 N–H and O–H groups in total. The SMILES string of the molecule is Cc1n[nH]c(C)c1C1COCCN1C(=O)C(C)Oc1ccccc1Cl. The highest BCUT2D eigenvalue weighted by atomic mass is 35.5. The van der Waals surface area contributed by atoms with E-state index in [1.54, 1.807) is 19.1 Å². The molecule has 6 nitrogen and oxygen atoms in total. The molecule has 1 fully saturated rings. The Morgan fingerprint density at radius 1 is 1.44 bits per heavy atom. The zero-order valence-electron chi connectivity index (χ0n) is 14.6. The van der Waals surface area contributed by atoms with Crippen LogP contribution in [0.4, 0.5) is 0 Å². The first-order valence-corrected chi connectivity index (χ1v) is 8.67. The lowest BCUT2D eigenvalue weighted by molar-refractivity contribution is -0.147. The number of aromatic amines is 1. The standard InChI is InChI=1S/C18H22ClN3O3/c1-11-17(12(2)21-20-11)15-10-24-9-8-22(15)18(23)13(3)25-16-7-5-4-6-14(16)19/h4-7,13,15H,8-10H2,1-3H3,(H,20,21). The van der Waals surface area contributed by atoms with E-state index in [0.29, 0.717) is 30.5 Å². The minimum Gasteiger partial charge on any atom is -0.479 e. The molecule has 1 aromatic heterocycles. The Hall–Kier alpha value is -2.05. The summed E-state index contributed by atoms with van der Waals surface area (Å²) < 4.78 is 11.4. The monoisotopic (exact) mass is 363 g/mol. The van der Waals surface area contributed by atoms with Crippen molar-refractivity contribution in [1.82, 2.24) is 15.1 Å². The minimum atomic E-state index is -0.645. The predicted molar refractivity (Wildman–Crippen MR) is 94.9 cm³/mol. The van der Waals surface area contributed by atoms with Gasteiger partial charge in [0.1, 0.15) is 5.75 Å². The lowest BCUT2D eigenvalue weighted by Crippen LogP contribution is -2.48. The summed E-state index contributed by atoms with van der Waals surface area (Å²) >= 11 is 6.13. The van der Waals surface area contributed by atoms with Crippen LogP contribution in [0.1, 0.15) is 29.9 Å². The Balaban J connectivity index is 1.80. The summed E-state index contributed by atoms with van der Waals surface area (Å²) in [4.78, 5) is 14.8. The van der Waals surface area contributed by atoms with Gasteiger partial charge in [-0.2, -0.15) is 5.10 Å². The summed E-state index contributed by atoms with van der Waals surface area (Å²) in [6.45, 7) is 7.11. The van der Waals surface area contributed by atoms with Crippen molar-refractivity contribution in [3.63, 3.8) is 0 Å². The van der Waals surface area contributed by atoms with Gasteiger partial charge in [-0.3, -0.25) is 9.89 Å². The zero-order chi connectivity index (χ0) is 18.0. The maximum atomic E-state index is 13.0. The first kappa shape index (κ1) is 17.8. The maximum absolute atomic E-state index is 13.0. The molecule has 2 heterocycles. The summed E-state index contributed by atoms with van der Waals surface area (Å²) in [5, 5.41) is 7.71. The van der Waals surface area contributed by atoms with Crippen molar-refractivity contribution in [3.8, 4) is 5.75 Å². The minimum absolute atomic E-state index is 0.0896. The van der Waals surface area contributed by atoms with Gasteiger partial charge >= 0.3 is 0 Å². The number of aryl methyl sites for hydroxylation is 2. The van der Waals surface area contributed by atoms with Crippen LogP contribution in [0.25, 0.3) is 0 Å². The van der Waals surface area contributed by atoms with Gasteiger partial charge in [0.05, 0.1) is 30.0 Å². The molecule has 134 valence electrons. The molecule has 1 aromatic carbocycles. The molecule has 2 aromatic rings. The fraction of sp³-hybridized carbons (Fsp3) is 0.444. The van der Waals surface area contributed by atoms with E-state index in [-0.39, 0.29) is 11.9 Å². The lowest BCUT2D eigenvalue weighted by atomic mass is 10.0. The number of nitrogens with one attached hydrogen (secondary N) is 1. The molecule has 1 saturated heterocycles. The molecule has 7 heteroatoms. The number of rotatable bonds is 4. The smallest absolute Gasteiger partial charge is 0.264 e. The second-order valence-corrected chi connectivity index (χ2v) is 6.57. The summed E-state index contributed by atoms with van der Waals surface area (Å²) in [5.74, 6) is 0.415. The number of ether oxygens (including phenoxy) is 2. The number of hydrogen-bond donors (Lipinski definition) is 1. The Morgan fingerprint density at radius 2 is 2.20 bits per heavy atom. The molecule has 1 amide bonds. The second-order valence-electron chi connectivity index (χ2n) is 6.16.